The molecule has 2 amide bonds. The molecule has 4 aliphatic carbocycles. The van der Waals surface area contributed by atoms with Gasteiger partial charge in [-0.1, -0.05) is 50.3 Å². The summed E-state index contributed by atoms with van der Waals surface area (Å²) in [6.45, 7) is 7.72. The number of hydrogen-bond donors (Lipinski definition) is 4. The second-order valence-electron chi connectivity index (χ2n) is 13.2. The third-order valence-corrected chi connectivity index (χ3v) is 11.0. The Hall–Kier alpha value is -2.86. The van der Waals surface area contributed by atoms with E-state index in [0.29, 0.717) is 37.0 Å². The molecule has 9 nitrogen and oxygen atoms in total. The number of nitrogens with one attached hydrogen (secondary N) is 2. The lowest BCUT2D eigenvalue weighted by molar-refractivity contribution is -0.142. The van der Waals surface area contributed by atoms with Crippen LogP contribution in [0.15, 0.2) is 16.8 Å². The van der Waals surface area contributed by atoms with E-state index >= 15 is 0 Å². The van der Waals surface area contributed by atoms with Crippen LogP contribution in [0, 0.1) is 40.9 Å². The monoisotopic (exact) mass is 569 g/mol. The Labute approximate surface area is 243 Å². The van der Waals surface area contributed by atoms with Gasteiger partial charge in [0.2, 0.25) is 5.91 Å². The number of carboxylic acid groups (broad SMARTS) is 1. The molecule has 0 aromatic rings. The van der Waals surface area contributed by atoms with Crippen LogP contribution in [0.2, 0.25) is 0 Å². The van der Waals surface area contributed by atoms with Crippen LogP contribution >= 0.6 is 0 Å². The minimum atomic E-state index is -1.09. The van der Waals surface area contributed by atoms with Crippen LogP contribution in [-0.4, -0.2) is 58.0 Å². The largest absolute Gasteiger partial charge is 0.480 e. The van der Waals surface area contributed by atoms with Gasteiger partial charge in [0, 0.05) is 5.41 Å². The topological polar surface area (TPSA) is 137 Å². The van der Waals surface area contributed by atoms with Gasteiger partial charge >= 0.3 is 5.97 Å². The number of amides is 2. The Balaban J connectivity index is 1.31. The minimum Gasteiger partial charge on any atom is -0.480 e. The van der Waals surface area contributed by atoms with Gasteiger partial charge in [-0.3, -0.25) is 9.59 Å². The van der Waals surface area contributed by atoms with E-state index in [1.165, 1.54) is 12.5 Å². The van der Waals surface area contributed by atoms with Crippen molar-refractivity contribution in [1.29, 1.82) is 0 Å². The highest BCUT2D eigenvalue weighted by molar-refractivity contribution is 5.96. The number of terminal acetylenes is 1. The van der Waals surface area contributed by atoms with Crippen molar-refractivity contribution in [3.8, 4) is 12.3 Å². The quantitative estimate of drug-likeness (QED) is 0.232. The van der Waals surface area contributed by atoms with Crippen LogP contribution in [0.1, 0.15) is 98.3 Å². The maximum atomic E-state index is 12.4. The molecule has 41 heavy (non-hydrogen) atoms. The lowest BCUT2D eigenvalue weighted by atomic mass is 9.46. The first-order valence-corrected chi connectivity index (χ1v) is 15.3. The number of unbranched alkanes of at least 4 members (excludes halogenated alkanes) is 1. The van der Waals surface area contributed by atoms with E-state index < -0.39 is 35.5 Å². The van der Waals surface area contributed by atoms with E-state index in [4.69, 9.17) is 11.3 Å². The molecule has 0 aromatic carbocycles. The van der Waals surface area contributed by atoms with Crippen molar-refractivity contribution in [3.05, 3.63) is 11.6 Å². The zero-order valence-corrected chi connectivity index (χ0v) is 25.0. The van der Waals surface area contributed by atoms with Crippen LogP contribution in [0.4, 0.5) is 0 Å². The molecule has 0 unspecified atom stereocenters. The number of fused-ring (bicyclic) bond motifs is 5. The van der Waals surface area contributed by atoms with Crippen LogP contribution in [-0.2, 0) is 19.2 Å². The van der Waals surface area contributed by atoms with Crippen molar-refractivity contribution in [2.45, 2.75) is 116 Å². The van der Waals surface area contributed by atoms with Gasteiger partial charge in [-0.15, -0.1) is 6.42 Å². The molecule has 0 aliphatic heterocycles. The molecule has 0 bridgehead atoms. The Kier molecular flexibility index (Phi) is 9.22. The van der Waals surface area contributed by atoms with Crippen LogP contribution in [0.5, 0.6) is 0 Å². The fraction of sp³-hybridized carbons (Fsp3) is 0.750. The van der Waals surface area contributed by atoms with Gasteiger partial charge in [0.1, 0.15) is 17.7 Å². The average Bonchev–Trinajstić information content (AvgIpc) is 3.21. The molecule has 0 radical (unpaired) electrons. The van der Waals surface area contributed by atoms with Gasteiger partial charge in [0.05, 0.1) is 5.71 Å². The average molecular weight is 570 g/mol. The number of aliphatic carboxylic acids is 1. The lowest BCUT2D eigenvalue weighted by Crippen LogP contribution is -2.54. The molecule has 0 heterocycles. The molecule has 3 fully saturated rings. The number of hydrogen-bond acceptors (Lipinski definition) is 6. The fourth-order valence-corrected chi connectivity index (χ4v) is 8.38. The van der Waals surface area contributed by atoms with Crippen molar-refractivity contribution in [2.24, 2.45) is 33.7 Å². The Morgan fingerprint density at radius 1 is 1.15 bits per heavy atom. The van der Waals surface area contributed by atoms with Gasteiger partial charge in [-0.05, 0) is 94.0 Å². The molecule has 9 heteroatoms. The number of allylic oxidation sites excluding steroid dienone is 2. The first kappa shape index (κ1) is 31.1. The normalized spacial score (nSPS) is 36.4. The maximum Gasteiger partial charge on any atom is 0.326 e. The Bertz CT molecular complexity index is 1140. The summed E-state index contributed by atoms with van der Waals surface area (Å²) in [5.74, 6) is 2.19. The number of oxime groups is 1. The van der Waals surface area contributed by atoms with E-state index in [-0.39, 0.29) is 17.4 Å². The summed E-state index contributed by atoms with van der Waals surface area (Å²) in [6, 6.07) is -1.88. The maximum absolute atomic E-state index is 12.4. The van der Waals surface area contributed by atoms with Crippen molar-refractivity contribution >= 4 is 23.5 Å². The highest BCUT2D eigenvalue weighted by Gasteiger charge is 2.63. The summed E-state index contributed by atoms with van der Waals surface area (Å²) in [5, 5.41) is 29.8. The number of carbonyl (C=O) groups excluding carboxylic acids is 2. The molecule has 0 saturated heterocycles. The third kappa shape index (κ3) is 5.90. The molecule has 0 aromatic heterocycles. The number of aliphatic hydroxyl groups is 1. The Morgan fingerprint density at radius 3 is 2.56 bits per heavy atom. The van der Waals surface area contributed by atoms with Gasteiger partial charge < -0.3 is 25.7 Å². The van der Waals surface area contributed by atoms with Gasteiger partial charge in [-0.25, -0.2) is 4.79 Å². The van der Waals surface area contributed by atoms with Gasteiger partial charge in [-0.2, -0.15) is 0 Å². The summed E-state index contributed by atoms with van der Waals surface area (Å²) in [4.78, 5) is 41.5. The highest BCUT2D eigenvalue weighted by atomic mass is 16.6. The Morgan fingerprint density at radius 2 is 1.88 bits per heavy atom. The van der Waals surface area contributed by atoms with E-state index in [1.54, 1.807) is 0 Å². The smallest absolute Gasteiger partial charge is 0.326 e. The van der Waals surface area contributed by atoms with Crippen molar-refractivity contribution in [1.82, 2.24) is 10.6 Å². The zero-order valence-electron chi connectivity index (χ0n) is 25.0. The third-order valence-electron chi connectivity index (χ3n) is 11.0. The summed E-state index contributed by atoms with van der Waals surface area (Å²) < 4.78 is 0. The van der Waals surface area contributed by atoms with Crippen LogP contribution in [0.25, 0.3) is 0 Å². The van der Waals surface area contributed by atoms with Crippen molar-refractivity contribution in [2.75, 3.05) is 6.61 Å². The van der Waals surface area contributed by atoms with E-state index in [1.807, 2.05) is 6.92 Å². The predicted octanol–water partition coefficient (Wildman–Crippen LogP) is 3.95. The molecular formula is C32H47N3O6. The van der Waals surface area contributed by atoms with Gasteiger partial charge in [0.25, 0.3) is 5.91 Å². The molecule has 4 rings (SSSR count). The highest BCUT2D eigenvalue weighted by Crippen LogP contribution is 2.67. The first-order valence-electron chi connectivity index (χ1n) is 15.3. The van der Waals surface area contributed by atoms with E-state index in [9.17, 15) is 24.6 Å². The van der Waals surface area contributed by atoms with E-state index in [0.717, 1.165) is 57.1 Å². The molecule has 4 N–H and O–H groups in total. The standard InChI is InChI=1S/C32H47N3O6/c1-6-8-9-26(29(38)39)34-28(37)20(3)33-27(36)19-41-35-22-12-15-30(4)21(18-22)10-11-23-24(30)13-16-31(5)25(23)14-17-32(31,40)7-2/h2,18,20,23-26,40H,6,8-17,19H2,1,3-5H3,(H,33,36)(H,34,37)(H,38,39)/b35-22+/t20-,23-,24-,25-,26-,30+,31+,32-/m1/s1. The second kappa shape index (κ2) is 12.2. The molecule has 226 valence electrons. The van der Waals surface area contributed by atoms with Crippen molar-refractivity contribution < 1.29 is 29.4 Å². The minimum absolute atomic E-state index is 0.0885. The predicted molar refractivity (Wildman–Crippen MR) is 156 cm³/mol. The molecular weight excluding hydrogens is 522 g/mol. The second-order valence-corrected chi connectivity index (χ2v) is 13.2. The SMILES string of the molecule is C#C[C@@]1(O)CC[C@@H]2[C@@H]3CCC4=C/C(=N/OCC(=O)N[C@H](C)C(=O)N[C@H](CCCC)C(=O)O)CC[C@]4(C)[C@@H]3CC[C@@]21C. The summed E-state index contributed by atoms with van der Waals surface area (Å²) in [5.41, 5.74) is 1.10. The number of carbonyl (C=O) groups is 3. The summed E-state index contributed by atoms with van der Waals surface area (Å²) in [7, 11) is 0. The molecule has 4 aliphatic rings. The van der Waals surface area contributed by atoms with Crippen molar-refractivity contribution in [3.63, 3.8) is 0 Å². The van der Waals surface area contributed by atoms with Crippen LogP contribution < -0.4 is 10.6 Å². The summed E-state index contributed by atoms with van der Waals surface area (Å²) in [6.07, 6.45) is 17.3. The fourth-order valence-electron chi connectivity index (χ4n) is 8.38. The molecule has 3 saturated carbocycles. The molecule has 8 atom stereocenters. The summed E-state index contributed by atoms with van der Waals surface area (Å²) >= 11 is 0. The lowest BCUT2D eigenvalue weighted by Gasteiger charge is -2.58. The van der Waals surface area contributed by atoms with Crippen LogP contribution in [0.3, 0.4) is 0 Å². The first-order chi connectivity index (χ1) is 19.4. The number of carboxylic acids is 1. The molecule has 0 spiro atoms. The zero-order chi connectivity index (χ0) is 30.0. The number of rotatable bonds is 10. The number of nitrogens with zero attached hydrogens (tertiary/aromatic N) is 1. The van der Waals surface area contributed by atoms with Gasteiger partial charge in [0.15, 0.2) is 6.61 Å². The van der Waals surface area contributed by atoms with E-state index in [2.05, 4.69) is 41.6 Å².